The van der Waals surface area contributed by atoms with Gasteiger partial charge in [-0.15, -0.1) is 0 Å². The minimum absolute atomic E-state index is 0.0806. The number of carboxylic acid groups (broad SMARTS) is 1. The number of allylic oxidation sites excluding steroid dienone is 8. The molecule has 324 valence electrons. The maximum atomic E-state index is 12.2. The first-order valence-corrected chi connectivity index (χ1v) is 22.6. The van der Waals surface area contributed by atoms with E-state index in [0.29, 0.717) is 84.8 Å². The fourth-order valence-electron chi connectivity index (χ4n) is 7.74. The molecule has 2 atom stereocenters. The van der Waals surface area contributed by atoms with Crippen LogP contribution in [-0.2, 0) is 54.8 Å². The van der Waals surface area contributed by atoms with E-state index in [1.54, 1.807) is 32.4 Å². The molecule has 16 heteroatoms. The van der Waals surface area contributed by atoms with Crippen molar-refractivity contribution in [2.45, 2.75) is 79.9 Å². The Morgan fingerprint density at radius 1 is 0.746 bits per heavy atom. The molecule has 0 aromatic heterocycles. The molecular weight excluding hydrogens is 801 g/mol. The predicted molar refractivity (Wildman–Crippen MR) is 226 cm³/mol. The maximum absolute atomic E-state index is 12.2. The Labute approximate surface area is 349 Å². The van der Waals surface area contributed by atoms with Crippen molar-refractivity contribution >= 4 is 43.3 Å². The number of likely N-dealkylation sites (N-methyl/N-ethyl adjacent to an activating group) is 1. The van der Waals surface area contributed by atoms with Crippen LogP contribution in [0.1, 0.15) is 70.4 Å². The van der Waals surface area contributed by atoms with Crippen molar-refractivity contribution in [2.24, 2.45) is 0 Å². The maximum Gasteiger partial charge on any atom is 0.303 e. The zero-order valence-electron chi connectivity index (χ0n) is 34.6. The molecular formula is C43H59N2O12S2+. The van der Waals surface area contributed by atoms with Gasteiger partial charge in [0.05, 0.1) is 41.6 Å². The van der Waals surface area contributed by atoms with Gasteiger partial charge in [0.1, 0.15) is 6.54 Å². The Morgan fingerprint density at radius 3 is 1.92 bits per heavy atom. The van der Waals surface area contributed by atoms with Gasteiger partial charge >= 0.3 is 5.97 Å². The quantitative estimate of drug-likeness (QED) is 0.0418. The first-order valence-electron chi connectivity index (χ1n) is 19.8. The van der Waals surface area contributed by atoms with E-state index in [0.717, 1.165) is 33.9 Å². The van der Waals surface area contributed by atoms with Crippen LogP contribution >= 0.6 is 0 Å². The summed E-state index contributed by atoms with van der Waals surface area (Å²) in [6, 6.07) is 9.29. The number of carbonyl (C=O) groups is 1. The highest BCUT2D eigenvalue weighted by atomic mass is 32.2. The molecule has 4 rings (SSSR count). The van der Waals surface area contributed by atoms with Gasteiger partial charge in [0, 0.05) is 81.3 Å². The van der Waals surface area contributed by atoms with Gasteiger partial charge < -0.3 is 29.0 Å². The van der Waals surface area contributed by atoms with Crippen LogP contribution in [0.2, 0.25) is 0 Å². The van der Waals surface area contributed by atoms with Crippen molar-refractivity contribution in [3.63, 3.8) is 0 Å². The molecule has 2 aliphatic heterocycles. The van der Waals surface area contributed by atoms with Crippen molar-refractivity contribution in [1.82, 2.24) is 0 Å². The molecule has 14 nitrogen and oxygen atoms in total. The van der Waals surface area contributed by atoms with Gasteiger partial charge in [-0.05, 0) is 88.4 Å². The van der Waals surface area contributed by atoms with E-state index in [1.165, 1.54) is 18.2 Å². The lowest BCUT2D eigenvalue weighted by atomic mass is 9.76. The Morgan fingerprint density at radius 2 is 1.32 bits per heavy atom. The molecule has 0 saturated heterocycles. The van der Waals surface area contributed by atoms with Gasteiger partial charge in [0.15, 0.2) is 5.71 Å². The zero-order chi connectivity index (χ0) is 43.3. The van der Waals surface area contributed by atoms with E-state index in [1.807, 2.05) is 63.3 Å². The molecule has 2 aromatic rings. The van der Waals surface area contributed by atoms with Crippen LogP contribution in [0.4, 0.5) is 11.4 Å². The average Bonchev–Trinajstić information content (AvgIpc) is 3.56. The van der Waals surface area contributed by atoms with E-state index in [-0.39, 0.29) is 16.2 Å². The Bertz CT molecular complexity index is 2160. The summed E-state index contributed by atoms with van der Waals surface area (Å²) in [5.41, 5.74) is 3.68. The molecule has 0 fully saturated rings. The van der Waals surface area contributed by atoms with Crippen molar-refractivity contribution < 1.29 is 59.4 Å². The summed E-state index contributed by atoms with van der Waals surface area (Å²) < 4.78 is 92.6. The molecule has 3 N–H and O–H groups in total. The van der Waals surface area contributed by atoms with Crippen LogP contribution in [-0.4, -0.2) is 114 Å². The largest absolute Gasteiger partial charge is 0.481 e. The molecule has 0 aliphatic carbocycles. The highest BCUT2D eigenvalue weighted by Gasteiger charge is 2.48. The van der Waals surface area contributed by atoms with E-state index in [2.05, 4.69) is 9.48 Å². The summed E-state index contributed by atoms with van der Waals surface area (Å²) in [4.78, 5) is 12.9. The number of aliphatic carboxylic acids is 1. The van der Waals surface area contributed by atoms with Crippen molar-refractivity contribution in [3.8, 4) is 0 Å². The molecule has 2 aliphatic rings. The highest BCUT2D eigenvalue weighted by molar-refractivity contribution is 7.86. The second-order valence-corrected chi connectivity index (χ2v) is 17.7. The summed E-state index contributed by atoms with van der Waals surface area (Å²) >= 11 is 0. The van der Waals surface area contributed by atoms with Crippen LogP contribution in [0.25, 0.3) is 0 Å². The number of hydrogen-bond donors (Lipinski definition) is 3. The Balaban J connectivity index is 1.67. The Kier molecular flexibility index (Phi) is 17.4. The van der Waals surface area contributed by atoms with Gasteiger partial charge in [0.2, 0.25) is 5.69 Å². The number of benzene rings is 2. The third-order valence-electron chi connectivity index (χ3n) is 10.9. The van der Waals surface area contributed by atoms with E-state index >= 15 is 0 Å². The molecule has 0 amide bonds. The summed E-state index contributed by atoms with van der Waals surface area (Å²) in [7, 11) is -5.70. The standard InChI is InChI=1S/C43H58N2O12S2/c1-6-44-37-20-18-33(58(48,49)50)31-35(37)42(2,22-25-56-29-27-54-4)39(44)15-11-8-7-9-12-16-40-43(3,23-26-57-30-28-55-5)36-32-34(59(51,52)53)19-21-38(36)45(40)24-14-10-13-17-41(46)47/h7-9,11-12,15-16,18-21,31-32H,6,10,13-14,17,22-30H2,1-5H3,(H2-,46,47,48,49,50,51,52,53)/p+1. The van der Waals surface area contributed by atoms with Crippen LogP contribution in [0.5, 0.6) is 0 Å². The molecule has 0 saturated carbocycles. The fourth-order valence-corrected chi connectivity index (χ4v) is 8.76. The topological polar surface area (TPSA) is 189 Å². The lowest BCUT2D eigenvalue weighted by molar-refractivity contribution is -0.438. The molecule has 0 spiro atoms. The fraction of sp³-hybridized carbons (Fsp3) is 0.488. The number of nitrogens with zero attached hydrogens (tertiary/aromatic N) is 2. The molecule has 59 heavy (non-hydrogen) atoms. The van der Waals surface area contributed by atoms with Gasteiger partial charge in [0.25, 0.3) is 20.2 Å². The monoisotopic (exact) mass is 859 g/mol. The minimum atomic E-state index is -4.48. The number of anilines is 1. The van der Waals surface area contributed by atoms with Crippen LogP contribution in [0.15, 0.2) is 94.4 Å². The summed E-state index contributed by atoms with van der Waals surface area (Å²) in [5.74, 6) is -0.842. The van der Waals surface area contributed by atoms with Crippen molar-refractivity contribution in [2.75, 3.05) is 71.9 Å². The number of hydrogen-bond acceptors (Lipinski definition) is 10. The highest BCUT2D eigenvalue weighted by Crippen LogP contribution is 2.50. The summed E-state index contributed by atoms with van der Waals surface area (Å²) in [6.45, 7) is 9.71. The van der Waals surface area contributed by atoms with Gasteiger partial charge in [-0.3, -0.25) is 13.9 Å². The number of carboxylic acids is 1. The molecule has 2 unspecified atom stereocenters. The number of unbranched alkanes of at least 4 members (excludes halogenated alkanes) is 2. The molecule has 2 heterocycles. The van der Waals surface area contributed by atoms with Gasteiger partial charge in [-0.2, -0.15) is 21.4 Å². The third kappa shape index (κ3) is 12.1. The normalized spacial score (nSPS) is 20.3. The summed E-state index contributed by atoms with van der Waals surface area (Å²) in [5, 5.41) is 9.13. The lowest BCUT2D eigenvalue weighted by Crippen LogP contribution is -2.33. The molecule has 0 bridgehead atoms. The number of methoxy groups -OCH3 is 2. The van der Waals surface area contributed by atoms with Gasteiger partial charge in [-0.25, -0.2) is 0 Å². The van der Waals surface area contributed by atoms with Crippen LogP contribution in [0.3, 0.4) is 0 Å². The predicted octanol–water partition coefficient (Wildman–Crippen LogP) is 6.64. The smallest absolute Gasteiger partial charge is 0.303 e. The zero-order valence-corrected chi connectivity index (χ0v) is 36.3. The van der Waals surface area contributed by atoms with Gasteiger partial charge in [-0.1, -0.05) is 30.4 Å². The first kappa shape index (κ1) is 47.7. The van der Waals surface area contributed by atoms with Crippen molar-refractivity contribution in [3.05, 3.63) is 95.8 Å². The number of rotatable bonds is 25. The minimum Gasteiger partial charge on any atom is -0.481 e. The van der Waals surface area contributed by atoms with Crippen LogP contribution < -0.4 is 4.90 Å². The van der Waals surface area contributed by atoms with Crippen LogP contribution in [0, 0.1) is 0 Å². The number of fused-ring (bicyclic) bond motifs is 2. The van der Waals surface area contributed by atoms with E-state index < -0.39 is 37.0 Å². The summed E-state index contributed by atoms with van der Waals surface area (Å²) in [6.07, 6.45) is 16.5. The SMILES string of the molecule is CCN1/C(=C/C=C/C=C/C=C/C2=[N+](CCCCCC(=O)O)c3ccc(S(=O)(=O)O)cc3C2(C)CCOCCOC)C(C)(CCOCCOC)c2cc(S(=O)(=O)O)ccc21. The van der Waals surface area contributed by atoms with Crippen molar-refractivity contribution in [1.29, 1.82) is 0 Å². The third-order valence-corrected chi connectivity index (χ3v) is 12.6. The number of ether oxygens (including phenoxy) is 4. The van der Waals surface area contributed by atoms with E-state index in [4.69, 9.17) is 24.1 Å². The molecule has 0 radical (unpaired) electrons. The Hall–Kier alpha value is -4.00. The second kappa shape index (κ2) is 21.5. The average molecular weight is 860 g/mol. The lowest BCUT2D eigenvalue weighted by Gasteiger charge is -2.30. The van der Waals surface area contributed by atoms with E-state index in [9.17, 15) is 30.7 Å². The first-order chi connectivity index (χ1) is 28.0. The molecule has 2 aromatic carbocycles. The second-order valence-electron chi connectivity index (χ2n) is 14.8.